The minimum atomic E-state index is -4.85. The Bertz CT molecular complexity index is 749. The summed E-state index contributed by atoms with van der Waals surface area (Å²) in [4.78, 5) is 8.03. The van der Waals surface area contributed by atoms with E-state index in [9.17, 15) is 18.3 Å². The Labute approximate surface area is 184 Å². The molecule has 8 nitrogen and oxygen atoms in total. The first-order chi connectivity index (χ1) is 13.3. The number of imidazole rings is 1. The van der Waals surface area contributed by atoms with Crippen LogP contribution in [0, 0.1) is 0 Å². The van der Waals surface area contributed by atoms with E-state index in [4.69, 9.17) is 0 Å². The number of rotatable bonds is 9. The van der Waals surface area contributed by atoms with Crippen LogP contribution in [0.5, 0.6) is 0 Å². The molecule has 0 bridgehead atoms. The van der Waals surface area contributed by atoms with Crippen LogP contribution in [-0.4, -0.2) is 56.2 Å². The lowest BCUT2D eigenvalue weighted by Gasteiger charge is -2.30. The van der Waals surface area contributed by atoms with Gasteiger partial charge >= 0.3 is 6.18 Å². The number of aryl methyl sites for hydroxylation is 2. The van der Waals surface area contributed by atoms with E-state index in [-0.39, 0.29) is 30.5 Å². The molecule has 0 spiro atoms. The Morgan fingerprint density at radius 3 is 2.55 bits per heavy atom. The topological polar surface area (TPSA) is 92.3 Å². The zero-order valence-electron chi connectivity index (χ0n) is 16.4. The zero-order chi connectivity index (χ0) is 20.6. The Kier molecular flexibility index (Phi) is 9.89. The van der Waals surface area contributed by atoms with Crippen LogP contribution in [0.2, 0.25) is 0 Å². The van der Waals surface area contributed by atoms with Crippen molar-refractivity contribution >= 4 is 29.9 Å². The molecule has 3 N–H and O–H groups in total. The lowest BCUT2D eigenvalue weighted by Crippen LogP contribution is -2.48. The molecule has 2 aromatic rings. The number of halogens is 4. The van der Waals surface area contributed by atoms with Crippen molar-refractivity contribution in [3.8, 4) is 0 Å². The molecule has 29 heavy (non-hydrogen) atoms. The minimum absolute atomic E-state index is 0. The van der Waals surface area contributed by atoms with Crippen LogP contribution in [-0.2, 0) is 19.2 Å². The summed E-state index contributed by atoms with van der Waals surface area (Å²) in [6.45, 7) is 3.48. The van der Waals surface area contributed by atoms with Gasteiger partial charge in [-0.1, -0.05) is 0 Å². The molecule has 2 aromatic heterocycles. The van der Waals surface area contributed by atoms with Gasteiger partial charge in [-0.3, -0.25) is 9.67 Å². The maximum atomic E-state index is 13.5. The van der Waals surface area contributed by atoms with Crippen LogP contribution < -0.4 is 10.6 Å². The number of aliphatic hydroxyl groups is 1. The third-order valence-corrected chi connectivity index (χ3v) is 4.16. The fourth-order valence-corrected chi connectivity index (χ4v) is 2.70. The molecule has 2 rings (SSSR count). The summed E-state index contributed by atoms with van der Waals surface area (Å²) in [6.07, 6.45) is 1.42. The SMILES string of the molecule is CCNC(=NCCCn1cccn1)NCCC(O)(c1nccn1C)C(F)(F)F.I. The monoisotopic (exact) mass is 529 g/mol. The normalized spacial score (nSPS) is 14.2. The first kappa shape index (κ1) is 25.2. The van der Waals surface area contributed by atoms with Gasteiger partial charge in [-0.2, -0.15) is 18.3 Å². The summed E-state index contributed by atoms with van der Waals surface area (Å²) in [5, 5.41) is 20.3. The third kappa shape index (κ3) is 6.87. The van der Waals surface area contributed by atoms with Gasteiger partial charge < -0.3 is 20.3 Å². The highest BCUT2D eigenvalue weighted by Gasteiger charge is 2.57. The smallest absolute Gasteiger partial charge is 0.374 e. The van der Waals surface area contributed by atoms with Crippen molar-refractivity contribution in [1.29, 1.82) is 0 Å². The van der Waals surface area contributed by atoms with E-state index in [1.807, 2.05) is 19.2 Å². The van der Waals surface area contributed by atoms with Crippen LogP contribution in [0.15, 0.2) is 35.8 Å². The van der Waals surface area contributed by atoms with Gasteiger partial charge in [0.1, 0.15) is 5.82 Å². The second-order valence-corrected chi connectivity index (χ2v) is 6.28. The Balaban J connectivity index is 0.00000420. The van der Waals surface area contributed by atoms with Crippen molar-refractivity contribution in [3.63, 3.8) is 0 Å². The number of nitrogens with one attached hydrogen (secondary N) is 2. The molecule has 0 fully saturated rings. The third-order valence-electron chi connectivity index (χ3n) is 4.16. The molecule has 12 heteroatoms. The van der Waals surface area contributed by atoms with Crippen LogP contribution in [0.25, 0.3) is 0 Å². The largest absolute Gasteiger partial charge is 0.424 e. The number of aliphatic imine (C=N–C) groups is 1. The van der Waals surface area contributed by atoms with Crippen molar-refractivity contribution in [2.45, 2.75) is 38.1 Å². The molecule has 0 saturated carbocycles. The predicted octanol–water partition coefficient (Wildman–Crippen LogP) is 2.02. The Hall–Kier alpha value is -1.83. The maximum Gasteiger partial charge on any atom is 0.424 e. The summed E-state index contributed by atoms with van der Waals surface area (Å²) < 4.78 is 43.5. The minimum Gasteiger partial charge on any atom is -0.374 e. The fraction of sp³-hybridized carbons (Fsp3) is 0.588. The highest BCUT2D eigenvalue weighted by molar-refractivity contribution is 14.0. The molecule has 1 unspecified atom stereocenters. The van der Waals surface area contributed by atoms with E-state index in [0.29, 0.717) is 25.6 Å². The molecule has 0 aliphatic heterocycles. The van der Waals surface area contributed by atoms with Crippen molar-refractivity contribution in [1.82, 2.24) is 30.0 Å². The molecule has 0 aliphatic carbocycles. The second-order valence-electron chi connectivity index (χ2n) is 6.28. The summed E-state index contributed by atoms with van der Waals surface area (Å²) in [6, 6.07) is 1.83. The van der Waals surface area contributed by atoms with E-state index in [0.717, 1.165) is 6.42 Å². The maximum absolute atomic E-state index is 13.5. The number of hydrogen-bond donors (Lipinski definition) is 3. The highest BCUT2D eigenvalue weighted by atomic mass is 127. The molecule has 0 saturated heterocycles. The van der Waals surface area contributed by atoms with E-state index in [2.05, 4.69) is 25.7 Å². The summed E-state index contributed by atoms with van der Waals surface area (Å²) >= 11 is 0. The summed E-state index contributed by atoms with van der Waals surface area (Å²) in [7, 11) is 1.41. The molecule has 2 heterocycles. The summed E-state index contributed by atoms with van der Waals surface area (Å²) in [5.74, 6) is -0.0460. The number of alkyl halides is 3. The van der Waals surface area contributed by atoms with Gasteiger partial charge in [-0.25, -0.2) is 4.98 Å². The quantitative estimate of drug-likeness (QED) is 0.200. The van der Waals surface area contributed by atoms with Gasteiger partial charge in [-0.15, -0.1) is 24.0 Å². The first-order valence-corrected chi connectivity index (χ1v) is 9.04. The lowest BCUT2D eigenvalue weighted by atomic mass is 9.97. The average Bonchev–Trinajstić information content (AvgIpc) is 3.29. The van der Waals surface area contributed by atoms with Gasteiger partial charge in [0.05, 0.1) is 0 Å². The lowest BCUT2D eigenvalue weighted by molar-refractivity contribution is -0.272. The standard InChI is InChI=1S/C17H26F3N7O.HI/c1-3-21-15(23-7-4-11-27-12-5-8-25-27)24-9-6-16(28,17(18,19)20)14-22-10-13-26(14)2;/h5,8,10,12-13,28H,3-4,6-7,9,11H2,1-2H3,(H2,21,23,24);1H. The van der Waals surface area contributed by atoms with E-state index >= 15 is 0 Å². The molecule has 1 atom stereocenters. The van der Waals surface area contributed by atoms with Crippen molar-refractivity contribution < 1.29 is 18.3 Å². The van der Waals surface area contributed by atoms with Crippen LogP contribution in [0.1, 0.15) is 25.6 Å². The number of hydrogen-bond acceptors (Lipinski definition) is 4. The van der Waals surface area contributed by atoms with E-state index < -0.39 is 24.0 Å². The Morgan fingerprint density at radius 2 is 2.00 bits per heavy atom. The van der Waals surface area contributed by atoms with Gasteiger partial charge in [0.25, 0.3) is 0 Å². The highest BCUT2D eigenvalue weighted by Crippen LogP contribution is 2.40. The number of aromatic nitrogens is 4. The number of guanidine groups is 1. The fourth-order valence-electron chi connectivity index (χ4n) is 2.70. The van der Waals surface area contributed by atoms with E-state index in [1.165, 1.54) is 24.0 Å². The van der Waals surface area contributed by atoms with E-state index in [1.54, 1.807) is 10.9 Å². The summed E-state index contributed by atoms with van der Waals surface area (Å²) in [5.41, 5.74) is -3.05. The van der Waals surface area contributed by atoms with Gasteiger partial charge in [0, 0.05) is 64.4 Å². The first-order valence-electron chi connectivity index (χ1n) is 9.04. The van der Waals surface area contributed by atoms with Crippen molar-refractivity contribution in [3.05, 3.63) is 36.7 Å². The molecule has 0 amide bonds. The second kappa shape index (κ2) is 11.4. The molecule has 0 aromatic carbocycles. The Morgan fingerprint density at radius 1 is 1.24 bits per heavy atom. The molecule has 0 radical (unpaired) electrons. The molecular formula is C17H27F3IN7O. The molecule has 164 valence electrons. The average molecular weight is 529 g/mol. The molecule has 0 aliphatic rings. The van der Waals surface area contributed by atoms with Crippen LogP contribution >= 0.6 is 24.0 Å². The van der Waals surface area contributed by atoms with Gasteiger partial charge in [0.15, 0.2) is 5.96 Å². The predicted molar refractivity (Wildman–Crippen MR) is 114 cm³/mol. The van der Waals surface area contributed by atoms with Gasteiger partial charge in [-0.05, 0) is 19.4 Å². The zero-order valence-corrected chi connectivity index (χ0v) is 18.7. The van der Waals surface area contributed by atoms with Crippen molar-refractivity contribution in [2.24, 2.45) is 12.0 Å². The molecular weight excluding hydrogens is 502 g/mol. The van der Waals surface area contributed by atoms with Crippen LogP contribution in [0.4, 0.5) is 13.2 Å². The number of nitrogens with zero attached hydrogens (tertiary/aromatic N) is 5. The van der Waals surface area contributed by atoms with Crippen molar-refractivity contribution in [2.75, 3.05) is 19.6 Å². The van der Waals surface area contributed by atoms with Crippen LogP contribution in [0.3, 0.4) is 0 Å². The van der Waals surface area contributed by atoms with Gasteiger partial charge in [0.2, 0.25) is 5.60 Å².